The second kappa shape index (κ2) is 4.31. The Labute approximate surface area is 110 Å². The standard InChI is InChI=1S/C15H13N3O/c1-10-4-5-12(8-11(10)2)14-13(9-19)18-7-3-6-16-15(18)17-14/h3-9H,1-2H3. The summed E-state index contributed by atoms with van der Waals surface area (Å²) < 4.78 is 1.71. The lowest BCUT2D eigenvalue weighted by molar-refractivity contribution is 0.111. The highest BCUT2D eigenvalue weighted by Gasteiger charge is 2.14. The van der Waals surface area contributed by atoms with E-state index in [1.54, 1.807) is 22.9 Å². The van der Waals surface area contributed by atoms with Crippen LogP contribution in [0, 0.1) is 13.8 Å². The number of aromatic nitrogens is 3. The van der Waals surface area contributed by atoms with Crippen LogP contribution in [0.2, 0.25) is 0 Å². The third-order valence-electron chi connectivity index (χ3n) is 3.33. The van der Waals surface area contributed by atoms with Gasteiger partial charge in [-0.2, -0.15) is 0 Å². The van der Waals surface area contributed by atoms with Gasteiger partial charge in [-0.3, -0.25) is 9.20 Å². The van der Waals surface area contributed by atoms with E-state index in [0.29, 0.717) is 17.2 Å². The van der Waals surface area contributed by atoms with Crippen LogP contribution in [0.5, 0.6) is 0 Å². The van der Waals surface area contributed by atoms with E-state index in [1.807, 2.05) is 25.1 Å². The van der Waals surface area contributed by atoms with E-state index in [4.69, 9.17) is 0 Å². The number of rotatable bonds is 2. The second-order valence-electron chi connectivity index (χ2n) is 4.55. The molecule has 4 heteroatoms. The molecule has 94 valence electrons. The van der Waals surface area contributed by atoms with Crippen LogP contribution in [-0.4, -0.2) is 20.7 Å². The number of aryl methyl sites for hydroxylation is 2. The highest BCUT2D eigenvalue weighted by molar-refractivity contribution is 5.85. The maximum absolute atomic E-state index is 11.3. The first-order valence-corrected chi connectivity index (χ1v) is 6.06. The Balaban J connectivity index is 2.29. The molecule has 2 aromatic heterocycles. The maximum atomic E-state index is 11.3. The predicted molar refractivity (Wildman–Crippen MR) is 73.3 cm³/mol. The minimum absolute atomic E-state index is 0.534. The van der Waals surface area contributed by atoms with Crippen LogP contribution in [0.15, 0.2) is 36.7 Å². The number of hydrogen-bond acceptors (Lipinski definition) is 3. The number of imidazole rings is 1. The molecule has 0 saturated carbocycles. The zero-order valence-corrected chi connectivity index (χ0v) is 10.8. The first-order chi connectivity index (χ1) is 9.20. The topological polar surface area (TPSA) is 47.3 Å². The van der Waals surface area contributed by atoms with E-state index in [2.05, 4.69) is 16.9 Å². The molecule has 0 N–H and O–H groups in total. The minimum Gasteiger partial charge on any atom is -0.296 e. The number of hydrogen-bond donors (Lipinski definition) is 0. The Morgan fingerprint density at radius 2 is 2.05 bits per heavy atom. The molecule has 3 aromatic rings. The van der Waals surface area contributed by atoms with Crippen molar-refractivity contribution in [3.8, 4) is 11.3 Å². The van der Waals surface area contributed by atoms with Gasteiger partial charge in [-0.25, -0.2) is 9.97 Å². The molecule has 0 amide bonds. The van der Waals surface area contributed by atoms with Crippen LogP contribution in [0.3, 0.4) is 0 Å². The lowest BCUT2D eigenvalue weighted by Crippen LogP contribution is -1.93. The summed E-state index contributed by atoms with van der Waals surface area (Å²) in [6.07, 6.45) is 4.29. The van der Waals surface area contributed by atoms with E-state index in [1.165, 1.54) is 11.1 Å². The fraction of sp³-hybridized carbons (Fsp3) is 0.133. The highest BCUT2D eigenvalue weighted by atomic mass is 16.1. The minimum atomic E-state index is 0.534. The quantitative estimate of drug-likeness (QED) is 0.658. The molecule has 0 aliphatic rings. The van der Waals surface area contributed by atoms with Gasteiger partial charge in [0.15, 0.2) is 6.29 Å². The molecule has 0 aliphatic carbocycles. The number of fused-ring (bicyclic) bond motifs is 1. The summed E-state index contributed by atoms with van der Waals surface area (Å²) in [5.74, 6) is 0.540. The molecule has 0 saturated heterocycles. The molecule has 0 bridgehead atoms. The molecular weight excluding hydrogens is 238 g/mol. The Hall–Kier alpha value is -2.49. The monoisotopic (exact) mass is 251 g/mol. The van der Waals surface area contributed by atoms with Crippen molar-refractivity contribution >= 4 is 12.1 Å². The van der Waals surface area contributed by atoms with E-state index in [-0.39, 0.29) is 0 Å². The van der Waals surface area contributed by atoms with E-state index in [9.17, 15) is 4.79 Å². The summed E-state index contributed by atoms with van der Waals surface area (Å²) >= 11 is 0. The fourth-order valence-electron chi connectivity index (χ4n) is 2.12. The van der Waals surface area contributed by atoms with Crippen LogP contribution in [0.25, 0.3) is 17.0 Å². The van der Waals surface area contributed by atoms with Gasteiger partial charge in [0.05, 0.1) is 0 Å². The fourth-order valence-corrected chi connectivity index (χ4v) is 2.12. The number of nitrogens with zero attached hydrogens (tertiary/aromatic N) is 3. The Morgan fingerprint density at radius 1 is 1.21 bits per heavy atom. The maximum Gasteiger partial charge on any atom is 0.234 e. The van der Waals surface area contributed by atoms with Crippen LogP contribution in [-0.2, 0) is 0 Å². The Bertz CT molecular complexity index is 774. The molecule has 4 nitrogen and oxygen atoms in total. The molecule has 0 aliphatic heterocycles. The second-order valence-corrected chi connectivity index (χ2v) is 4.55. The number of aldehydes is 1. The summed E-state index contributed by atoms with van der Waals surface area (Å²) in [7, 11) is 0. The normalized spacial score (nSPS) is 10.8. The van der Waals surface area contributed by atoms with Crippen LogP contribution in [0.1, 0.15) is 21.6 Å². The first kappa shape index (κ1) is 11.6. The van der Waals surface area contributed by atoms with Gasteiger partial charge in [0.2, 0.25) is 5.78 Å². The van der Waals surface area contributed by atoms with Crippen LogP contribution in [0.4, 0.5) is 0 Å². The molecule has 0 radical (unpaired) electrons. The predicted octanol–water partition coefficient (Wildman–Crippen LogP) is 2.83. The van der Waals surface area contributed by atoms with Gasteiger partial charge < -0.3 is 0 Å². The van der Waals surface area contributed by atoms with E-state index >= 15 is 0 Å². The first-order valence-electron chi connectivity index (χ1n) is 6.06. The van der Waals surface area contributed by atoms with E-state index < -0.39 is 0 Å². The summed E-state index contributed by atoms with van der Waals surface area (Å²) in [6, 6.07) is 7.85. The van der Waals surface area contributed by atoms with Crippen molar-refractivity contribution in [3.63, 3.8) is 0 Å². The molecule has 0 fully saturated rings. The summed E-state index contributed by atoms with van der Waals surface area (Å²) in [6.45, 7) is 4.11. The molecule has 0 atom stereocenters. The van der Waals surface area contributed by atoms with Gasteiger partial charge >= 0.3 is 0 Å². The molecule has 1 aromatic carbocycles. The Kier molecular flexibility index (Phi) is 2.63. The van der Waals surface area contributed by atoms with E-state index in [0.717, 1.165) is 11.8 Å². The van der Waals surface area contributed by atoms with Crippen molar-refractivity contribution in [1.29, 1.82) is 0 Å². The van der Waals surface area contributed by atoms with Gasteiger partial charge in [0, 0.05) is 18.0 Å². The van der Waals surface area contributed by atoms with Gasteiger partial charge in [-0.15, -0.1) is 0 Å². The third kappa shape index (κ3) is 1.81. The van der Waals surface area contributed by atoms with Crippen molar-refractivity contribution in [2.45, 2.75) is 13.8 Å². The smallest absolute Gasteiger partial charge is 0.234 e. The SMILES string of the molecule is Cc1ccc(-c2nc3ncccn3c2C=O)cc1C. The number of benzene rings is 1. The average molecular weight is 251 g/mol. The van der Waals surface area contributed by atoms with Gasteiger partial charge in [-0.1, -0.05) is 12.1 Å². The summed E-state index contributed by atoms with van der Waals surface area (Å²) in [5, 5.41) is 0. The van der Waals surface area contributed by atoms with Crippen molar-refractivity contribution in [3.05, 3.63) is 53.5 Å². The molecule has 3 rings (SSSR count). The van der Waals surface area contributed by atoms with Crippen molar-refractivity contribution in [2.24, 2.45) is 0 Å². The van der Waals surface area contributed by atoms with Crippen molar-refractivity contribution < 1.29 is 4.79 Å². The van der Waals surface area contributed by atoms with Crippen LogP contribution >= 0.6 is 0 Å². The Morgan fingerprint density at radius 3 is 2.79 bits per heavy atom. The summed E-state index contributed by atoms with van der Waals surface area (Å²) in [4.78, 5) is 20.0. The molecular formula is C15H13N3O. The third-order valence-corrected chi connectivity index (χ3v) is 3.33. The number of carbonyl (C=O) groups is 1. The molecule has 0 unspecified atom stereocenters. The highest BCUT2D eigenvalue weighted by Crippen LogP contribution is 2.24. The lowest BCUT2D eigenvalue weighted by atomic mass is 10.0. The molecule has 0 spiro atoms. The largest absolute Gasteiger partial charge is 0.296 e. The summed E-state index contributed by atoms with van der Waals surface area (Å²) in [5.41, 5.74) is 4.55. The molecule has 2 heterocycles. The van der Waals surface area contributed by atoms with Crippen molar-refractivity contribution in [1.82, 2.24) is 14.4 Å². The van der Waals surface area contributed by atoms with Gasteiger partial charge in [-0.05, 0) is 37.1 Å². The average Bonchev–Trinajstić information content (AvgIpc) is 2.80. The van der Waals surface area contributed by atoms with Gasteiger partial charge in [0.1, 0.15) is 11.4 Å². The zero-order valence-electron chi connectivity index (χ0n) is 10.8. The lowest BCUT2D eigenvalue weighted by Gasteiger charge is -2.03. The van der Waals surface area contributed by atoms with Crippen LogP contribution < -0.4 is 0 Å². The molecule has 19 heavy (non-hydrogen) atoms. The van der Waals surface area contributed by atoms with Crippen molar-refractivity contribution in [2.75, 3.05) is 0 Å². The van der Waals surface area contributed by atoms with Gasteiger partial charge in [0.25, 0.3) is 0 Å². The zero-order chi connectivity index (χ0) is 13.4. The number of carbonyl (C=O) groups excluding carboxylic acids is 1.